The molecule has 0 unspecified atom stereocenters. The van der Waals surface area contributed by atoms with Crippen molar-refractivity contribution < 1.29 is 27.8 Å². The van der Waals surface area contributed by atoms with Crippen LogP contribution < -0.4 is 4.74 Å². The van der Waals surface area contributed by atoms with Crippen molar-refractivity contribution in [2.24, 2.45) is 0 Å². The van der Waals surface area contributed by atoms with E-state index in [2.05, 4.69) is 0 Å². The fourth-order valence-corrected chi connectivity index (χ4v) is 1.16. The second kappa shape index (κ2) is 6.09. The Morgan fingerprint density at radius 3 is 2.72 bits per heavy atom. The van der Waals surface area contributed by atoms with E-state index in [1.54, 1.807) is 12.1 Å². The number of halogens is 3. The minimum atomic E-state index is -4.25. The van der Waals surface area contributed by atoms with Crippen LogP contribution in [-0.4, -0.2) is 23.9 Å². The summed E-state index contributed by atoms with van der Waals surface area (Å²) in [6, 6.07) is 6.17. The molecule has 0 bridgehead atoms. The Morgan fingerprint density at radius 1 is 1.39 bits per heavy atom. The number of alkyl halides is 3. The van der Waals surface area contributed by atoms with Gasteiger partial charge in [-0.1, -0.05) is 12.1 Å². The normalized spacial score (nSPS) is 11.7. The van der Waals surface area contributed by atoms with Gasteiger partial charge < -0.3 is 9.84 Å². The topological polar surface area (TPSA) is 46.5 Å². The molecule has 0 spiro atoms. The number of carbonyl (C=O) groups is 1. The van der Waals surface area contributed by atoms with Crippen LogP contribution in [0.1, 0.15) is 12.0 Å². The highest BCUT2D eigenvalue weighted by molar-refractivity contribution is 5.85. The van der Waals surface area contributed by atoms with E-state index in [1.165, 1.54) is 18.2 Å². The van der Waals surface area contributed by atoms with Crippen LogP contribution in [0.4, 0.5) is 13.2 Å². The largest absolute Gasteiger partial charge is 0.493 e. The van der Waals surface area contributed by atoms with Crippen LogP contribution in [0.3, 0.4) is 0 Å². The first-order valence-corrected chi connectivity index (χ1v) is 5.07. The molecule has 98 valence electrons. The highest BCUT2D eigenvalue weighted by Crippen LogP contribution is 2.21. The number of rotatable bonds is 5. The maximum Gasteiger partial charge on any atom is 0.392 e. The van der Waals surface area contributed by atoms with Gasteiger partial charge in [-0.15, -0.1) is 0 Å². The lowest BCUT2D eigenvalue weighted by atomic mass is 10.2. The van der Waals surface area contributed by atoms with Crippen LogP contribution >= 0.6 is 0 Å². The molecule has 3 nitrogen and oxygen atoms in total. The van der Waals surface area contributed by atoms with Crippen LogP contribution in [0.2, 0.25) is 0 Å². The zero-order valence-corrected chi connectivity index (χ0v) is 9.28. The lowest BCUT2D eigenvalue weighted by Crippen LogP contribution is -2.12. The summed E-state index contributed by atoms with van der Waals surface area (Å²) in [6.45, 7) is -0.463. The number of benzene rings is 1. The van der Waals surface area contributed by atoms with Gasteiger partial charge in [0, 0.05) is 6.08 Å². The van der Waals surface area contributed by atoms with Crippen LogP contribution in [0.25, 0.3) is 6.08 Å². The van der Waals surface area contributed by atoms with E-state index in [0.29, 0.717) is 5.56 Å². The molecular formula is C12H11F3O3. The van der Waals surface area contributed by atoms with E-state index in [9.17, 15) is 18.0 Å². The quantitative estimate of drug-likeness (QED) is 0.827. The molecule has 1 rings (SSSR count). The van der Waals surface area contributed by atoms with Gasteiger partial charge in [0.25, 0.3) is 0 Å². The zero-order valence-electron chi connectivity index (χ0n) is 9.28. The van der Waals surface area contributed by atoms with Crippen LogP contribution in [0.5, 0.6) is 5.75 Å². The van der Waals surface area contributed by atoms with Gasteiger partial charge in [-0.3, -0.25) is 0 Å². The summed E-state index contributed by atoms with van der Waals surface area (Å²) in [5, 5.41) is 8.43. The first-order chi connectivity index (χ1) is 8.37. The number of carboxylic acid groups (broad SMARTS) is 1. The average Bonchev–Trinajstić information content (AvgIpc) is 2.25. The van der Waals surface area contributed by atoms with Gasteiger partial charge in [0.05, 0.1) is 13.0 Å². The summed E-state index contributed by atoms with van der Waals surface area (Å²) < 4.78 is 40.6. The Bertz CT molecular complexity index is 438. The fourth-order valence-electron chi connectivity index (χ4n) is 1.16. The van der Waals surface area contributed by atoms with Gasteiger partial charge in [0.2, 0.25) is 0 Å². The molecule has 0 radical (unpaired) electrons. The van der Waals surface area contributed by atoms with Gasteiger partial charge in [-0.2, -0.15) is 13.2 Å². The third-order valence-corrected chi connectivity index (χ3v) is 1.93. The second-order valence-electron chi connectivity index (χ2n) is 3.46. The predicted molar refractivity (Wildman–Crippen MR) is 59.3 cm³/mol. The van der Waals surface area contributed by atoms with E-state index < -0.39 is 25.2 Å². The smallest absolute Gasteiger partial charge is 0.392 e. The Morgan fingerprint density at radius 2 is 2.11 bits per heavy atom. The molecule has 1 aromatic rings. The molecule has 6 heteroatoms. The minimum Gasteiger partial charge on any atom is -0.493 e. The predicted octanol–water partition coefficient (Wildman–Crippen LogP) is 3.12. The Hall–Kier alpha value is -1.98. The Balaban J connectivity index is 2.57. The van der Waals surface area contributed by atoms with Gasteiger partial charge in [-0.25, -0.2) is 4.79 Å². The van der Waals surface area contributed by atoms with Crippen molar-refractivity contribution in [3.05, 3.63) is 35.9 Å². The Labute approximate surface area is 101 Å². The standard InChI is InChI=1S/C12H11F3O3/c13-12(14,15)6-7-18-10-3-1-2-9(8-10)4-5-11(16)17/h1-5,8H,6-7H2,(H,16,17). The van der Waals surface area contributed by atoms with Crippen molar-refractivity contribution in [1.29, 1.82) is 0 Å². The zero-order chi connectivity index (χ0) is 13.6. The number of carboxylic acids is 1. The lowest BCUT2D eigenvalue weighted by Gasteiger charge is -2.08. The first-order valence-electron chi connectivity index (χ1n) is 5.07. The molecule has 1 aromatic carbocycles. The molecule has 0 saturated carbocycles. The van der Waals surface area contributed by atoms with Crippen molar-refractivity contribution in [1.82, 2.24) is 0 Å². The number of ether oxygens (including phenoxy) is 1. The monoisotopic (exact) mass is 260 g/mol. The molecule has 18 heavy (non-hydrogen) atoms. The third-order valence-electron chi connectivity index (χ3n) is 1.93. The minimum absolute atomic E-state index is 0.270. The molecule has 0 saturated heterocycles. The maximum atomic E-state index is 11.9. The van der Waals surface area contributed by atoms with Crippen molar-refractivity contribution >= 4 is 12.0 Å². The van der Waals surface area contributed by atoms with Gasteiger partial charge in [0.1, 0.15) is 5.75 Å². The average molecular weight is 260 g/mol. The van der Waals surface area contributed by atoms with Crippen molar-refractivity contribution in [2.45, 2.75) is 12.6 Å². The van der Waals surface area contributed by atoms with Crippen molar-refractivity contribution in [3.63, 3.8) is 0 Å². The molecule has 0 aromatic heterocycles. The maximum absolute atomic E-state index is 11.9. The summed E-state index contributed by atoms with van der Waals surface area (Å²) in [5.41, 5.74) is 0.543. The SMILES string of the molecule is O=C(O)C=Cc1cccc(OCCC(F)(F)F)c1. The second-order valence-corrected chi connectivity index (χ2v) is 3.46. The third kappa shape index (κ3) is 5.93. The van der Waals surface area contributed by atoms with Crippen LogP contribution in [-0.2, 0) is 4.79 Å². The lowest BCUT2D eigenvalue weighted by molar-refractivity contribution is -0.139. The molecule has 0 amide bonds. The summed E-state index contributed by atoms with van der Waals surface area (Å²) >= 11 is 0. The van der Waals surface area contributed by atoms with Crippen molar-refractivity contribution in [2.75, 3.05) is 6.61 Å². The van der Waals surface area contributed by atoms with Gasteiger partial charge in [-0.05, 0) is 23.8 Å². The Kier molecular flexibility index (Phi) is 4.76. The molecule has 0 atom stereocenters. The van der Waals surface area contributed by atoms with E-state index >= 15 is 0 Å². The summed E-state index contributed by atoms with van der Waals surface area (Å²) in [7, 11) is 0. The van der Waals surface area contributed by atoms with Crippen LogP contribution in [0, 0.1) is 0 Å². The van der Waals surface area contributed by atoms with E-state index in [4.69, 9.17) is 9.84 Å². The summed E-state index contributed by atoms with van der Waals surface area (Å²) in [6.07, 6.45) is -3.00. The molecule has 0 fully saturated rings. The number of aliphatic carboxylic acids is 1. The molecule has 0 aliphatic carbocycles. The van der Waals surface area contributed by atoms with Gasteiger partial charge >= 0.3 is 12.1 Å². The number of hydrogen-bond donors (Lipinski definition) is 1. The van der Waals surface area contributed by atoms with E-state index in [0.717, 1.165) is 6.08 Å². The van der Waals surface area contributed by atoms with E-state index in [1.807, 2.05) is 0 Å². The van der Waals surface area contributed by atoms with E-state index in [-0.39, 0.29) is 5.75 Å². The van der Waals surface area contributed by atoms with Crippen LogP contribution in [0.15, 0.2) is 30.3 Å². The fraction of sp³-hybridized carbons (Fsp3) is 0.250. The molecular weight excluding hydrogens is 249 g/mol. The molecule has 1 N–H and O–H groups in total. The number of hydrogen-bond acceptors (Lipinski definition) is 2. The summed E-state index contributed by atoms with van der Waals surface area (Å²) in [4.78, 5) is 10.3. The van der Waals surface area contributed by atoms with Gasteiger partial charge in [0.15, 0.2) is 0 Å². The molecule has 0 aliphatic rings. The first kappa shape index (κ1) is 14.1. The molecule has 0 heterocycles. The van der Waals surface area contributed by atoms with Crippen molar-refractivity contribution in [3.8, 4) is 5.75 Å². The summed E-state index contributed by atoms with van der Waals surface area (Å²) in [5.74, 6) is -0.829. The molecule has 0 aliphatic heterocycles. The highest BCUT2D eigenvalue weighted by Gasteiger charge is 2.26. The highest BCUT2D eigenvalue weighted by atomic mass is 19.4.